The fourth-order valence-electron chi connectivity index (χ4n) is 3.00. The van der Waals surface area contributed by atoms with Gasteiger partial charge in [0.05, 0.1) is 16.2 Å². The smallest absolute Gasteiger partial charge is 0.267 e. The third kappa shape index (κ3) is 3.75. The molecule has 0 spiro atoms. The van der Waals surface area contributed by atoms with Gasteiger partial charge in [0.15, 0.2) is 11.0 Å². The molecular weight excluding hydrogens is 398 g/mol. The van der Waals surface area contributed by atoms with Crippen LogP contribution in [0.15, 0.2) is 57.1 Å². The van der Waals surface area contributed by atoms with Gasteiger partial charge >= 0.3 is 0 Å². The molecule has 30 heavy (non-hydrogen) atoms. The average Bonchev–Trinajstić information content (AvgIpc) is 3.20. The Hall–Kier alpha value is -3.00. The van der Waals surface area contributed by atoms with Crippen molar-refractivity contribution in [1.29, 1.82) is 0 Å². The molecule has 0 aliphatic carbocycles. The first-order valence-electron chi connectivity index (χ1n) is 9.70. The van der Waals surface area contributed by atoms with Crippen LogP contribution < -0.4 is 5.56 Å². The normalized spacial score (nSPS) is 13.0. The predicted molar refractivity (Wildman–Crippen MR) is 117 cm³/mol. The van der Waals surface area contributed by atoms with Gasteiger partial charge in [0.2, 0.25) is 5.89 Å². The summed E-state index contributed by atoms with van der Waals surface area (Å²) in [6, 6.07) is 11.1. The first-order valence-corrected chi connectivity index (χ1v) is 10.6. The van der Waals surface area contributed by atoms with Crippen molar-refractivity contribution in [1.82, 2.24) is 24.7 Å². The number of benzene rings is 1. The Balaban J connectivity index is 1.84. The van der Waals surface area contributed by atoms with Gasteiger partial charge in [0.1, 0.15) is 5.82 Å². The van der Waals surface area contributed by atoms with E-state index < -0.39 is 0 Å². The molecule has 0 radical (unpaired) electrons. The molecule has 0 N–H and O–H groups in total. The van der Waals surface area contributed by atoms with Crippen molar-refractivity contribution in [3.05, 3.63) is 70.2 Å². The van der Waals surface area contributed by atoms with Crippen molar-refractivity contribution in [3.63, 3.8) is 0 Å². The first-order chi connectivity index (χ1) is 14.3. The van der Waals surface area contributed by atoms with E-state index in [1.54, 1.807) is 16.8 Å². The molecule has 0 aliphatic heterocycles. The van der Waals surface area contributed by atoms with Crippen LogP contribution in [0.25, 0.3) is 16.7 Å². The monoisotopic (exact) mass is 421 g/mol. The van der Waals surface area contributed by atoms with Crippen LogP contribution in [0.2, 0.25) is 0 Å². The van der Waals surface area contributed by atoms with Crippen LogP contribution in [-0.4, -0.2) is 24.7 Å². The van der Waals surface area contributed by atoms with Gasteiger partial charge in [-0.1, -0.05) is 55.9 Å². The van der Waals surface area contributed by atoms with Gasteiger partial charge < -0.3 is 4.52 Å². The molecule has 0 unspecified atom stereocenters. The molecule has 154 valence electrons. The van der Waals surface area contributed by atoms with E-state index in [0.717, 1.165) is 5.56 Å². The highest BCUT2D eigenvalue weighted by Gasteiger charge is 2.25. The zero-order chi connectivity index (χ0) is 21.5. The van der Waals surface area contributed by atoms with E-state index in [2.05, 4.69) is 15.1 Å². The zero-order valence-corrected chi connectivity index (χ0v) is 18.4. The van der Waals surface area contributed by atoms with Gasteiger partial charge in [-0.05, 0) is 37.6 Å². The number of thioether (sulfide) groups is 1. The third-order valence-corrected chi connectivity index (χ3v) is 5.72. The maximum absolute atomic E-state index is 13.4. The zero-order valence-electron chi connectivity index (χ0n) is 17.6. The summed E-state index contributed by atoms with van der Waals surface area (Å²) in [5.74, 6) is 1.71. The van der Waals surface area contributed by atoms with Crippen LogP contribution >= 0.6 is 11.8 Å². The molecule has 0 saturated carbocycles. The van der Waals surface area contributed by atoms with Gasteiger partial charge in [-0.15, -0.1) is 0 Å². The predicted octanol–water partition coefficient (Wildman–Crippen LogP) is 4.62. The van der Waals surface area contributed by atoms with E-state index in [1.807, 2.05) is 65.0 Å². The van der Waals surface area contributed by atoms with Crippen molar-refractivity contribution in [3.8, 4) is 5.82 Å². The molecule has 0 bridgehead atoms. The van der Waals surface area contributed by atoms with Crippen LogP contribution in [0, 0.1) is 6.92 Å². The largest absolute Gasteiger partial charge is 0.338 e. The average molecular weight is 422 g/mol. The highest BCUT2D eigenvalue weighted by atomic mass is 32.2. The van der Waals surface area contributed by atoms with Gasteiger partial charge in [-0.2, -0.15) is 4.98 Å². The molecule has 0 saturated heterocycles. The van der Waals surface area contributed by atoms with E-state index >= 15 is 0 Å². The summed E-state index contributed by atoms with van der Waals surface area (Å²) in [6.45, 7) is 9.99. The SMILES string of the molecule is Cc1cccnc1-n1c(S[C@@H](C)c2nc(C(C)(C)C)no2)nc2ccccc2c1=O. The molecule has 3 aromatic heterocycles. The molecule has 0 fully saturated rings. The third-order valence-electron chi connectivity index (χ3n) is 4.68. The summed E-state index contributed by atoms with van der Waals surface area (Å²) in [5, 5.41) is 4.99. The summed E-state index contributed by atoms with van der Waals surface area (Å²) in [6.07, 6.45) is 1.68. The minimum absolute atomic E-state index is 0.155. The number of para-hydroxylation sites is 1. The molecule has 4 rings (SSSR count). The minimum Gasteiger partial charge on any atom is -0.338 e. The van der Waals surface area contributed by atoms with Crippen LogP contribution in [0.5, 0.6) is 0 Å². The van der Waals surface area contributed by atoms with E-state index in [4.69, 9.17) is 9.51 Å². The van der Waals surface area contributed by atoms with Crippen molar-refractivity contribution in [2.75, 3.05) is 0 Å². The number of nitrogens with zero attached hydrogens (tertiary/aromatic N) is 5. The summed E-state index contributed by atoms with van der Waals surface area (Å²) in [4.78, 5) is 27.1. The van der Waals surface area contributed by atoms with Crippen LogP contribution in [-0.2, 0) is 5.41 Å². The second kappa shape index (κ2) is 7.68. The number of aromatic nitrogens is 5. The highest BCUT2D eigenvalue weighted by molar-refractivity contribution is 7.99. The van der Waals surface area contributed by atoms with Crippen molar-refractivity contribution in [2.45, 2.75) is 50.4 Å². The maximum atomic E-state index is 13.4. The fraction of sp³-hybridized carbons (Fsp3) is 0.318. The van der Waals surface area contributed by atoms with Crippen molar-refractivity contribution >= 4 is 22.7 Å². The van der Waals surface area contributed by atoms with E-state index in [0.29, 0.717) is 33.6 Å². The Morgan fingerprint density at radius 1 is 1.10 bits per heavy atom. The Bertz CT molecular complexity index is 1270. The Labute approximate surface area is 178 Å². The molecule has 8 heteroatoms. The fourth-order valence-corrected chi connectivity index (χ4v) is 3.94. The lowest BCUT2D eigenvalue weighted by molar-refractivity contribution is 0.364. The number of hydrogen-bond acceptors (Lipinski definition) is 7. The standard InChI is InChI=1S/C22H23N5O2S/c1-13-9-8-12-23-17(13)27-19(28)15-10-6-7-11-16(15)24-21(27)30-14(2)18-25-20(26-29-18)22(3,4)5/h6-12,14H,1-5H3/t14-/m0/s1. The number of hydrogen-bond donors (Lipinski definition) is 0. The van der Waals surface area contributed by atoms with Crippen LogP contribution in [0.1, 0.15) is 50.2 Å². The summed E-state index contributed by atoms with van der Waals surface area (Å²) >= 11 is 1.40. The van der Waals surface area contributed by atoms with Gasteiger partial charge in [-0.25, -0.2) is 14.5 Å². The number of rotatable bonds is 4. The van der Waals surface area contributed by atoms with Crippen LogP contribution in [0.3, 0.4) is 0 Å². The lowest BCUT2D eigenvalue weighted by Gasteiger charge is -2.15. The van der Waals surface area contributed by atoms with Gasteiger partial charge in [-0.3, -0.25) is 4.79 Å². The van der Waals surface area contributed by atoms with E-state index in [1.165, 1.54) is 11.8 Å². The Kier molecular flexibility index (Phi) is 5.19. The molecule has 1 aromatic carbocycles. The molecule has 0 amide bonds. The molecular formula is C22H23N5O2S. The van der Waals surface area contributed by atoms with Crippen molar-refractivity contribution < 1.29 is 4.52 Å². The summed E-state index contributed by atoms with van der Waals surface area (Å²) < 4.78 is 7.07. The van der Waals surface area contributed by atoms with Gasteiger partial charge in [0, 0.05) is 11.6 Å². The molecule has 7 nitrogen and oxygen atoms in total. The number of aryl methyl sites for hydroxylation is 1. The topological polar surface area (TPSA) is 86.7 Å². The minimum atomic E-state index is -0.208. The van der Waals surface area contributed by atoms with E-state index in [9.17, 15) is 4.79 Å². The Morgan fingerprint density at radius 2 is 1.87 bits per heavy atom. The van der Waals surface area contributed by atoms with E-state index in [-0.39, 0.29) is 16.2 Å². The van der Waals surface area contributed by atoms with Crippen LogP contribution in [0.4, 0.5) is 0 Å². The second-order valence-corrected chi connectivity index (χ2v) is 9.47. The summed E-state index contributed by atoms with van der Waals surface area (Å²) in [7, 11) is 0. The lowest BCUT2D eigenvalue weighted by atomic mass is 9.96. The van der Waals surface area contributed by atoms with Crippen molar-refractivity contribution in [2.24, 2.45) is 0 Å². The summed E-state index contributed by atoms with van der Waals surface area (Å²) in [5.41, 5.74) is 1.17. The first kappa shape index (κ1) is 20.3. The number of fused-ring (bicyclic) bond motifs is 1. The second-order valence-electron chi connectivity index (χ2n) is 8.16. The quantitative estimate of drug-likeness (QED) is 0.351. The Morgan fingerprint density at radius 3 is 2.57 bits per heavy atom. The molecule has 4 aromatic rings. The highest BCUT2D eigenvalue weighted by Crippen LogP contribution is 2.35. The maximum Gasteiger partial charge on any atom is 0.267 e. The number of pyridine rings is 1. The molecule has 3 heterocycles. The van der Waals surface area contributed by atoms with Gasteiger partial charge in [0.25, 0.3) is 5.56 Å². The molecule has 0 aliphatic rings. The molecule has 1 atom stereocenters. The lowest BCUT2D eigenvalue weighted by Crippen LogP contribution is -2.23.